The number of nitrogens with one attached hydrogen (secondary N) is 1. The summed E-state index contributed by atoms with van der Waals surface area (Å²) in [4.78, 5) is 14.8. The summed E-state index contributed by atoms with van der Waals surface area (Å²) in [7, 11) is 0. The van der Waals surface area contributed by atoms with Gasteiger partial charge in [0, 0.05) is 23.7 Å². The van der Waals surface area contributed by atoms with Crippen LogP contribution < -0.4 is 10.4 Å². The third-order valence-electron chi connectivity index (χ3n) is 4.13. The van der Waals surface area contributed by atoms with E-state index in [1.54, 1.807) is 0 Å². The van der Waals surface area contributed by atoms with E-state index in [9.17, 15) is 9.90 Å². The topological polar surface area (TPSA) is 72.5 Å². The number of hydrogen-bond acceptors (Lipinski definition) is 2. The molecule has 0 spiro atoms. The van der Waals surface area contributed by atoms with Crippen molar-refractivity contribution < 1.29 is 15.2 Å². The second kappa shape index (κ2) is 4.94. The first-order valence-corrected chi connectivity index (χ1v) is 7.21. The number of H-pyrrole nitrogens is 1. The van der Waals surface area contributed by atoms with Crippen LogP contribution in [0, 0.1) is 5.92 Å². The average Bonchev–Trinajstić information content (AvgIpc) is 2.77. The normalized spacial score (nSPS) is 22.1. The van der Waals surface area contributed by atoms with Crippen molar-refractivity contribution in [3.63, 3.8) is 0 Å². The van der Waals surface area contributed by atoms with Crippen molar-refractivity contribution in [2.75, 3.05) is 0 Å². The number of aromatic amines is 1. The molecular formula is C16H20N2O2. The van der Waals surface area contributed by atoms with E-state index < -0.39 is 12.0 Å². The second-order valence-corrected chi connectivity index (χ2v) is 6.12. The maximum Gasteiger partial charge on any atom is 0.131 e. The number of carboxylic acids is 1. The number of nitrogens with two attached hydrogens (primary N) is 1. The SMILES string of the molecule is CC(C)C[C@H]1[NH2+][C@@H](C(=O)[O-])Cc2c1[nH]c1ccccc21. The van der Waals surface area contributed by atoms with Crippen molar-refractivity contribution in [3.05, 3.63) is 35.5 Å². The number of quaternary nitrogens is 1. The fourth-order valence-corrected chi connectivity index (χ4v) is 3.29. The lowest BCUT2D eigenvalue weighted by Crippen LogP contribution is -2.95. The molecule has 2 heterocycles. The van der Waals surface area contributed by atoms with Crippen molar-refractivity contribution in [2.24, 2.45) is 5.92 Å². The molecular weight excluding hydrogens is 252 g/mol. The molecule has 3 N–H and O–H groups in total. The number of aliphatic carboxylic acids is 1. The van der Waals surface area contributed by atoms with Crippen LogP contribution in [-0.4, -0.2) is 17.0 Å². The van der Waals surface area contributed by atoms with Gasteiger partial charge in [-0.15, -0.1) is 0 Å². The van der Waals surface area contributed by atoms with E-state index in [4.69, 9.17) is 0 Å². The lowest BCUT2D eigenvalue weighted by molar-refractivity contribution is -0.726. The molecule has 0 amide bonds. The monoisotopic (exact) mass is 272 g/mol. The number of carboxylic acid groups (broad SMARTS) is 1. The summed E-state index contributed by atoms with van der Waals surface area (Å²) in [5, 5.41) is 14.4. The fraction of sp³-hybridized carbons (Fsp3) is 0.438. The Labute approximate surface area is 118 Å². The van der Waals surface area contributed by atoms with Crippen LogP contribution in [0.15, 0.2) is 24.3 Å². The number of carbonyl (C=O) groups is 1. The van der Waals surface area contributed by atoms with Gasteiger partial charge in [-0.3, -0.25) is 0 Å². The highest BCUT2D eigenvalue weighted by Crippen LogP contribution is 2.31. The molecule has 0 bridgehead atoms. The average molecular weight is 272 g/mol. The summed E-state index contributed by atoms with van der Waals surface area (Å²) < 4.78 is 0. The first-order chi connectivity index (χ1) is 9.56. The molecule has 0 saturated carbocycles. The minimum Gasteiger partial charge on any atom is -0.544 e. The van der Waals surface area contributed by atoms with Gasteiger partial charge in [0.05, 0.1) is 11.7 Å². The summed E-state index contributed by atoms with van der Waals surface area (Å²) in [5.41, 5.74) is 3.44. The van der Waals surface area contributed by atoms with Gasteiger partial charge >= 0.3 is 0 Å². The molecule has 2 atom stereocenters. The van der Waals surface area contributed by atoms with Gasteiger partial charge in [-0.25, -0.2) is 0 Å². The van der Waals surface area contributed by atoms with Gasteiger partial charge in [0.2, 0.25) is 0 Å². The number of carbonyl (C=O) groups excluding carboxylic acids is 1. The van der Waals surface area contributed by atoms with Gasteiger partial charge in [0.1, 0.15) is 12.1 Å². The Bertz CT molecular complexity index is 645. The summed E-state index contributed by atoms with van der Waals surface area (Å²) >= 11 is 0. The van der Waals surface area contributed by atoms with Crippen LogP contribution in [0.25, 0.3) is 10.9 Å². The van der Waals surface area contributed by atoms with Crippen LogP contribution in [0.2, 0.25) is 0 Å². The Kier molecular flexibility index (Phi) is 3.26. The third kappa shape index (κ3) is 2.20. The third-order valence-corrected chi connectivity index (χ3v) is 4.13. The first-order valence-electron chi connectivity index (χ1n) is 7.21. The van der Waals surface area contributed by atoms with Crippen LogP contribution >= 0.6 is 0 Å². The summed E-state index contributed by atoms with van der Waals surface area (Å²) in [6.07, 6.45) is 1.50. The number of rotatable bonds is 3. The van der Waals surface area contributed by atoms with E-state index in [0.29, 0.717) is 12.3 Å². The highest BCUT2D eigenvalue weighted by Gasteiger charge is 2.33. The molecule has 3 rings (SSSR count). The summed E-state index contributed by atoms with van der Waals surface area (Å²) in [5.74, 6) is -0.439. The van der Waals surface area contributed by atoms with Crippen LogP contribution in [0.1, 0.15) is 37.6 Å². The predicted octanol–water partition coefficient (Wildman–Crippen LogP) is 0.493. The number of hydrogen-bond donors (Lipinski definition) is 2. The lowest BCUT2D eigenvalue weighted by Gasteiger charge is -2.29. The van der Waals surface area contributed by atoms with Crippen molar-refractivity contribution in [1.82, 2.24) is 4.98 Å². The number of para-hydroxylation sites is 1. The maximum atomic E-state index is 11.3. The summed E-state index contributed by atoms with van der Waals surface area (Å²) in [6, 6.07) is 7.81. The van der Waals surface area contributed by atoms with E-state index in [-0.39, 0.29) is 6.04 Å². The summed E-state index contributed by atoms with van der Waals surface area (Å²) in [6.45, 7) is 4.33. The molecule has 4 heteroatoms. The number of fused-ring (bicyclic) bond motifs is 3. The van der Waals surface area contributed by atoms with Crippen LogP contribution in [0.4, 0.5) is 0 Å². The standard InChI is InChI=1S/C16H20N2O2/c1-9(2)7-13-15-11(8-14(17-13)16(19)20)10-5-3-4-6-12(10)18-15/h3-6,9,13-14,17-18H,7-8H2,1-2H3,(H,19,20)/t13-,14-/m1/s1. The number of aromatic nitrogens is 1. The molecule has 1 aromatic carbocycles. The van der Waals surface area contributed by atoms with Crippen molar-refractivity contribution in [1.29, 1.82) is 0 Å². The molecule has 0 radical (unpaired) electrons. The Hall–Kier alpha value is -1.81. The molecule has 20 heavy (non-hydrogen) atoms. The molecule has 0 saturated heterocycles. The Morgan fingerprint density at radius 3 is 2.90 bits per heavy atom. The Morgan fingerprint density at radius 1 is 1.45 bits per heavy atom. The molecule has 2 aromatic rings. The van der Waals surface area contributed by atoms with Crippen molar-refractivity contribution >= 4 is 16.9 Å². The molecule has 106 valence electrons. The second-order valence-electron chi connectivity index (χ2n) is 6.12. The van der Waals surface area contributed by atoms with Gasteiger partial charge in [0.15, 0.2) is 0 Å². The van der Waals surface area contributed by atoms with Crippen LogP contribution in [0.3, 0.4) is 0 Å². The van der Waals surface area contributed by atoms with Gasteiger partial charge in [-0.2, -0.15) is 0 Å². The minimum atomic E-state index is -0.963. The zero-order chi connectivity index (χ0) is 14.3. The minimum absolute atomic E-state index is 0.175. The molecule has 1 aliphatic rings. The molecule has 1 aliphatic heterocycles. The smallest absolute Gasteiger partial charge is 0.131 e. The largest absolute Gasteiger partial charge is 0.544 e. The van der Waals surface area contributed by atoms with E-state index in [1.807, 2.05) is 23.5 Å². The zero-order valence-corrected chi connectivity index (χ0v) is 11.8. The van der Waals surface area contributed by atoms with Crippen molar-refractivity contribution in [2.45, 2.75) is 38.8 Å². The Morgan fingerprint density at radius 2 is 2.20 bits per heavy atom. The van der Waals surface area contributed by atoms with Gasteiger partial charge in [-0.1, -0.05) is 32.0 Å². The lowest BCUT2D eigenvalue weighted by atomic mass is 9.90. The highest BCUT2D eigenvalue weighted by atomic mass is 16.4. The quantitative estimate of drug-likeness (QED) is 0.853. The highest BCUT2D eigenvalue weighted by molar-refractivity contribution is 5.86. The van der Waals surface area contributed by atoms with E-state index in [0.717, 1.165) is 22.9 Å². The van der Waals surface area contributed by atoms with Crippen LogP contribution in [-0.2, 0) is 11.2 Å². The Balaban J connectivity index is 2.09. The molecule has 1 aromatic heterocycles. The molecule has 0 unspecified atom stereocenters. The van der Waals surface area contributed by atoms with Crippen molar-refractivity contribution in [3.8, 4) is 0 Å². The first kappa shape index (κ1) is 13.2. The van der Waals surface area contributed by atoms with E-state index in [2.05, 4.69) is 24.9 Å². The maximum absolute atomic E-state index is 11.3. The molecule has 0 fully saturated rings. The van der Waals surface area contributed by atoms with Gasteiger partial charge in [0.25, 0.3) is 0 Å². The molecule has 4 nitrogen and oxygen atoms in total. The molecule has 0 aliphatic carbocycles. The van der Waals surface area contributed by atoms with Crippen LogP contribution in [0.5, 0.6) is 0 Å². The van der Waals surface area contributed by atoms with E-state index in [1.165, 1.54) is 5.69 Å². The zero-order valence-electron chi connectivity index (χ0n) is 11.8. The van der Waals surface area contributed by atoms with Gasteiger partial charge < -0.3 is 20.2 Å². The number of benzene rings is 1. The van der Waals surface area contributed by atoms with Gasteiger partial charge in [-0.05, 0) is 17.5 Å². The fourth-order valence-electron chi connectivity index (χ4n) is 3.29. The van der Waals surface area contributed by atoms with E-state index >= 15 is 0 Å². The predicted molar refractivity (Wildman–Crippen MR) is 74.9 cm³/mol.